The zero-order valence-electron chi connectivity index (χ0n) is 11.8. The molecule has 0 fully saturated rings. The Bertz CT molecular complexity index is 537. The van der Waals surface area contributed by atoms with Crippen molar-refractivity contribution in [3.05, 3.63) is 77.9 Å². The molecule has 0 saturated carbocycles. The van der Waals surface area contributed by atoms with Crippen molar-refractivity contribution in [1.82, 2.24) is 0 Å². The van der Waals surface area contributed by atoms with E-state index in [0.29, 0.717) is 6.61 Å². The van der Waals surface area contributed by atoms with Gasteiger partial charge in [0.2, 0.25) is 0 Å². The lowest BCUT2D eigenvalue weighted by Crippen LogP contribution is -2.30. The highest BCUT2D eigenvalue weighted by molar-refractivity contribution is 5.49. The van der Waals surface area contributed by atoms with Crippen LogP contribution in [0.4, 0.5) is 0 Å². The molecule has 0 spiro atoms. The van der Waals surface area contributed by atoms with Crippen LogP contribution >= 0.6 is 0 Å². The summed E-state index contributed by atoms with van der Waals surface area (Å²) in [6.45, 7) is 0.134. The molecule has 0 aliphatic carbocycles. The quantitative estimate of drug-likeness (QED) is 0.822. The smallest absolute Gasteiger partial charge is 0.110 e. The van der Waals surface area contributed by atoms with E-state index in [1.807, 2.05) is 66.7 Å². The molecule has 3 nitrogen and oxygen atoms in total. The van der Waals surface area contributed by atoms with Gasteiger partial charge in [0.05, 0.1) is 13.2 Å². The summed E-state index contributed by atoms with van der Waals surface area (Å²) >= 11 is 0. The summed E-state index contributed by atoms with van der Waals surface area (Å²) in [5.74, 6) is 0. The van der Waals surface area contributed by atoms with Crippen LogP contribution < -0.4 is 0 Å². The van der Waals surface area contributed by atoms with Gasteiger partial charge >= 0.3 is 0 Å². The Morgan fingerprint density at radius 3 is 2.19 bits per heavy atom. The van der Waals surface area contributed by atoms with Crippen LogP contribution in [-0.4, -0.2) is 29.0 Å². The molecule has 2 rings (SSSR count). The lowest BCUT2D eigenvalue weighted by molar-refractivity contribution is -0.0537. The second kappa shape index (κ2) is 8.37. The zero-order chi connectivity index (χ0) is 14.9. The zero-order valence-corrected chi connectivity index (χ0v) is 11.8. The minimum atomic E-state index is -0.848. The van der Waals surface area contributed by atoms with Crippen molar-refractivity contribution in [3.8, 4) is 0 Å². The maximum Gasteiger partial charge on any atom is 0.110 e. The second-order valence-electron chi connectivity index (χ2n) is 4.78. The molecule has 21 heavy (non-hydrogen) atoms. The number of rotatable bonds is 7. The summed E-state index contributed by atoms with van der Waals surface area (Å²) in [6.07, 6.45) is 1.98. The van der Waals surface area contributed by atoms with E-state index in [0.717, 1.165) is 11.1 Å². The number of hydrogen-bond acceptors (Lipinski definition) is 3. The van der Waals surface area contributed by atoms with Crippen LogP contribution in [0.5, 0.6) is 0 Å². The van der Waals surface area contributed by atoms with Crippen molar-refractivity contribution in [2.75, 3.05) is 6.61 Å². The molecule has 0 saturated heterocycles. The Hall–Kier alpha value is -1.94. The van der Waals surface area contributed by atoms with Gasteiger partial charge in [0.15, 0.2) is 0 Å². The highest BCUT2D eigenvalue weighted by atomic mass is 16.5. The Labute approximate surface area is 125 Å². The average molecular weight is 284 g/mol. The summed E-state index contributed by atoms with van der Waals surface area (Å²) in [7, 11) is 0. The van der Waals surface area contributed by atoms with Gasteiger partial charge in [0.1, 0.15) is 12.2 Å². The number of aliphatic hydroxyl groups excluding tert-OH is 2. The van der Waals surface area contributed by atoms with Crippen molar-refractivity contribution in [3.63, 3.8) is 0 Å². The molecule has 0 aliphatic rings. The first-order valence-electron chi connectivity index (χ1n) is 6.97. The summed E-state index contributed by atoms with van der Waals surface area (Å²) in [6, 6.07) is 19.4. The first kappa shape index (κ1) is 15.4. The van der Waals surface area contributed by atoms with E-state index < -0.39 is 12.2 Å². The molecule has 2 atom stereocenters. The van der Waals surface area contributed by atoms with Crippen molar-refractivity contribution in [2.45, 2.75) is 18.8 Å². The minimum absolute atomic E-state index is 0.229. The van der Waals surface area contributed by atoms with Crippen LogP contribution in [0, 0.1) is 0 Å². The third-order valence-electron chi connectivity index (χ3n) is 3.15. The second-order valence-corrected chi connectivity index (χ2v) is 4.78. The summed E-state index contributed by atoms with van der Waals surface area (Å²) < 4.78 is 5.58. The van der Waals surface area contributed by atoms with E-state index in [1.165, 1.54) is 0 Å². The van der Waals surface area contributed by atoms with Crippen molar-refractivity contribution < 1.29 is 14.9 Å². The standard InChI is InChI=1S/C18H20O3/c19-13-18(21-14-16-9-5-2-6-10-16)17(20)12-11-15-7-3-1-4-8-15/h1-12,17-20H,13-14H2/b12-11+. The largest absolute Gasteiger partial charge is 0.394 e. The van der Waals surface area contributed by atoms with Gasteiger partial charge in [-0.15, -0.1) is 0 Å². The van der Waals surface area contributed by atoms with E-state index in [1.54, 1.807) is 6.08 Å². The molecule has 2 aromatic rings. The predicted octanol–water partition coefficient (Wildman–Crippen LogP) is 2.64. The van der Waals surface area contributed by atoms with Crippen molar-refractivity contribution >= 4 is 6.08 Å². The molecule has 0 amide bonds. The number of aliphatic hydroxyl groups is 2. The Morgan fingerprint density at radius 2 is 1.57 bits per heavy atom. The molecule has 2 N–H and O–H groups in total. The van der Waals surface area contributed by atoms with E-state index in [-0.39, 0.29) is 6.61 Å². The monoisotopic (exact) mass is 284 g/mol. The highest BCUT2D eigenvalue weighted by Gasteiger charge is 2.16. The third-order valence-corrected chi connectivity index (χ3v) is 3.15. The molecule has 0 aliphatic heterocycles. The van der Waals surface area contributed by atoms with E-state index >= 15 is 0 Å². The predicted molar refractivity (Wildman–Crippen MR) is 83.6 cm³/mol. The Kier molecular flexibility index (Phi) is 6.16. The summed E-state index contributed by atoms with van der Waals surface area (Å²) in [4.78, 5) is 0. The first-order chi connectivity index (χ1) is 10.3. The number of ether oxygens (including phenoxy) is 1. The topological polar surface area (TPSA) is 49.7 Å². The maximum absolute atomic E-state index is 10.1. The molecule has 0 heterocycles. The maximum atomic E-state index is 10.1. The summed E-state index contributed by atoms with van der Waals surface area (Å²) in [5, 5.41) is 19.4. The molecular formula is C18H20O3. The lowest BCUT2D eigenvalue weighted by atomic mass is 10.1. The van der Waals surface area contributed by atoms with Gasteiger partial charge in [-0.3, -0.25) is 0 Å². The van der Waals surface area contributed by atoms with Gasteiger partial charge in [0, 0.05) is 0 Å². The molecular weight excluding hydrogens is 264 g/mol. The first-order valence-corrected chi connectivity index (χ1v) is 6.97. The highest BCUT2D eigenvalue weighted by Crippen LogP contribution is 2.09. The average Bonchev–Trinajstić information content (AvgIpc) is 2.55. The van der Waals surface area contributed by atoms with Crippen LogP contribution in [-0.2, 0) is 11.3 Å². The van der Waals surface area contributed by atoms with Crippen LogP contribution in [0.1, 0.15) is 11.1 Å². The van der Waals surface area contributed by atoms with E-state index in [4.69, 9.17) is 4.74 Å². The Morgan fingerprint density at radius 1 is 0.952 bits per heavy atom. The number of benzene rings is 2. The number of hydrogen-bond donors (Lipinski definition) is 2. The Balaban J connectivity index is 1.89. The molecule has 2 aromatic carbocycles. The lowest BCUT2D eigenvalue weighted by Gasteiger charge is -2.19. The molecule has 0 aromatic heterocycles. The van der Waals surface area contributed by atoms with E-state index in [9.17, 15) is 10.2 Å². The van der Waals surface area contributed by atoms with Gasteiger partial charge in [-0.2, -0.15) is 0 Å². The fourth-order valence-electron chi connectivity index (χ4n) is 1.93. The normalized spacial score (nSPS) is 14.2. The van der Waals surface area contributed by atoms with Gasteiger partial charge in [-0.1, -0.05) is 72.8 Å². The minimum Gasteiger partial charge on any atom is -0.394 e. The third kappa shape index (κ3) is 5.16. The fraction of sp³-hybridized carbons (Fsp3) is 0.222. The fourth-order valence-corrected chi connectivity index (χ4v) is 1.93. The van der Waals surface area contributed by atoms with Crippen LogP contribution in [0.3, 0.4) is 0 Å². The van der Waals surface area contributed by atoms with Gasteiger partial charge in [-0.05, 0) is 11.1 Å². The van der Waals surface area contributed by atoms with Crippen LogP contribution in [0.2, 0.25) is 0 Å². The molecule has 0 radical (unpaired) electrons. The van der Waals surface area contributed by atoms with Crippen molar-refractivity contribution in [2.24, 2.45) is 0 Å². The summed E-state index contributed by atoms with van der Waals surface area (Å²) in [5.41, 5.74) is 2.01. The van der Waals surface area contributed by atoms with Gasteiger partial charge in [-0.25, -0.2) is 0 Å². The van der Waals surface area contributed by atoms with E-state index in [2.05, 4.69) is 0 Å². The van der Waals surface area contributed by atoms with Crippen LogP contribution in [0.15, 0.2) is 66.7 Å². The SMILES string of the molecule is OCC(OCc1ccccc1)C(O)/C=C/c1ccccc1. The molecule has 2 unspecified atom stereocenters. The van der Waals surface area contributed by atoms with Crippen LogP contribution in [0.25, 0.3) is 6.08 Å². The van der Waals surface area contributed by atoms with Gasteiger partial charge < -0.3 is 14.9 Å². The molecule has 0 bridgehead atoms. The van der Waals surface area contributed by atoms with Crippen molar-refractivity contribution in [1.29, 1.82) is 0 Å². The molecule has 3 heteroatoms. The molecule has 110 valence electrons. The van der Waals surface area contributed by atoms with Gasteiger partial charge in [0.25, 0.3) is 0 Å².